The minimum absolute atomic E-state index is 0.0159. The zero-order valence-electron chi connectivity index (χ0n) is 19.4. The van der Waals surface area contributed by atoms with Gasteiger partial charge >= 0.3 is 0 Å². The van der Waals surface area contributed by atoms with Gasteiger partial charge in [-0.3, -0.25) is 4.79 Å². The van der Waals surface area contributed by atoms with Crippen molar-refractivity contribution in [2.75, 3.05) is 27.4 Å². The van der Waals surface area contributed by atoms with E-state index in [-0.39, 0.29) is 18.9 Å². The highest BCUT2D eigenvalue weighted by molar-refractivity contribution is 5.80. The molecule has 1 atom stereocenters. The Morgan fingerprint density at radius 3 is 2.66 bits per heavy atom. The van der Waals surface area contributed by atoms with E-state index in [2.05, 4.69) is 20.6 Å². The van der Waals surface area contributed by atoms with E-state index in [0.717, 1.165) is 0 Å². The molecule has 35 heavy (non-hydrogen) atoms. The van der Waals surface area contributed by atoms with Crippen molar-refractivity contribution in [2.45, 2.75) is 13.0 Å². The molecular weight excluding hydrogens is 457 g/mol. The zero-order valence-corrected chi connectivity index (χ0v) is 19.4. The maximum atomic E-state index is 13.7. The minimum Gasteiger partial charge on any atom is -0.497 e. The van der Waals surface area contributed by atoms with Crippen LogP contribution < -0.4 is 24.3 Å². The Morgan fingerprint density at radius 2 is 1.89 bits per heavy atom. The standard InChI is InChI=1S/C24H24FN5O5/c1-15(35-19-7-5-4-6-18(19)25)24(31)26-12-13-34-22-11-10-21-27-28-23(30(21)29-22)17-9-8-16(32-2)14-20(17)33-3/h4-11,14-15H,12-13H2,1-3H3,(H,26,31). The van der Waals surface area contributed by atoms with Gasteiger partial charge in [-0.25, -0.2) is 4.39 Å². The second kappa shape index (κ2) is 10.7. The fraction of sp³-hybridized carbons (Fsp3) is 0.250. The number of carbonyl (C=O) groups excluding carboxylic acids is 1. The van der Waals surface area contributed by atoms with Gasteiger partial charge in [0.1, 0.15) is 18.1 Å². The number of hydrogen-bond acceptors (Lipinski definition) is 8. The summed E-state index contributed by atoms with van der Waals surface area (Å²) < 4.78 is 37.0. The molecule has 0 aliphatic rings. The molecule has 0 radical (unpaired) electrons. The lowest BCUT2D eigenvalue weighted by Gasteiger charge is -2.15. The summed E-state index contributed by atoms with van der Waals surface area (Å²) >= 11 is 0. The third-order valence-electron chi connectivity index (χ3n) is 5.05. The van der Waals surface area contributed by atoms with Crippen LogP contribution in [0.15, 0.2) is 54.6 Å². The molecule has 1 N–H and O–H groups in total. The van der Waals surface area contributed by atoms with Gasteiger partial charge in [0.05, 0.1) is 26.3 Å². The van der Waals surface area contributed by atoms with E-state index >= 15 is 0 Å². The van der Waals surface area contributed by atoms with Gasteiger partial charge in [0.25, 0.3) is 5.91 Å². The van der Waals surface area contributed by atoms with E-state index in [4.69, 9.17) is 18.9 Å². The van der Waals surface area contributed by atoms with E-state index in [1.807, 2.05) is 6.07 Å². The van der Waals surface area contributed by atoms with Gasteiger partial charge in [0.15, 0.2) is 29.1 Å². The topological polar surface area (TPSA) is 109 Å². The molecule has 2 aromatic heterocycles. The van der Waals surface area contributed by atoms with Crippen LogP contribution in [0.3, 0.4) is 0 Å². The summed E-state index contributed by atoms with van der Waals surface area (Å²) in [4.78, 5) is 12.2. The number of benzene rings is 2. The molecular formula is C24H24FN5O5. The van der Waals surface area contributed by atoms with Crippen LogP contribution in [0.25, 0.3) is 17.0 Å². The predicted molar refractivity (Wildman–Crippen MR) is 124 cm³/mol. The van der Waals surface area contributed by atoms with Crippen LogP contribution in [-0.2, 0) is 4.79 Å². The highest BCUT2D eigenvalue weighted by Crippen LogP contribution is 2.32. The Labute approximate surface area is 200 Å². The van der Waals surface area contributed by atoms with Gasteiger partial charge in [0.2, 0.25) is 5.88 Å². The Balaban J connectivity index is 1.37. The largest absolute Gasteiger partial charge is 0.497 e. The third-order valence-corrected chi connectivity index (χ3v) is 5.05. The van der Waals surface area contributed by atoms with Gasteiger partial charge in [-0.1, -0.05) is 12.1 Å². The fourth-order valence-electron chi connectivity index (χ4n) is 3.26. The first-order valence-electron chi connectivity index (χ1n) is 10.8. The number of carbonyl (C=O) groups is 1. The average Bonchev–Trinajstić information content (AvgIpc) is 3.30. The zero-order chi connectivity index (χ0) is 24.8. The molecule has 1 unspecified atom stereocenters. The second-order valence-electron chi connectivity index (χ2n) is 7.36. The SMILES string of the molecule is COc1ccc(-c2nnc3ccc(OCCNC(=O)C(C)Oc4ccccc4F)nn23)c(OC)c1. The molecule has 0 spiro atoms. The van der Waals surface area contributed by atoms with Crippen molar-refractivity contribution in [3.05, 3.63) is 60.4 Å². The quantitative estimate of drug-likeness (QED) is 0.345. The lowest BCUT2D eigenvalue weighted by Crippen LogP contribution is -2.38. The number of amides is 1. The number of ether oxygens (including phenoxy) is 4. The lowest BCUT2D eigenvalue weighted by molar-refractivity contribution is -0.127. The molecule has 10 nitrogen and oxygen atoms in total. The number of rotatable bonds is 10. The first kappa shape index (κ1) is 23.7. The molecule has 4 aromatic rings. The summed E-state index contributed by atoms with van der Waals surface area (Å²) in [6, 6.07) is 14.6. The smallest absolute Gasteiger partial charge is 0.260 e. The molecule has 2 aromatic carbocycles. The van der Waals surface area contributed by atoms with Gasteiger partial charge < -0.3 is 24.3 Å². The maximum absolute atomic E-state index is 13.7. The predicted octanol–water partition coefficient (Wildman–Crippen LogP) is 2.91. The summed E-state index contributed by atoms with van der Waals surface area (Å²) in [5, 5.41) is 15.5. The second-order valence-corrected chi connectivity index (χ2v) is 7.36. The van der Waals surface area contributed by atoms with Gasteiger partial charge in [-0.2, -0.15) is 4.52 Å². The van der Waals surface area contributed by atoms with Crippen molar-refractivity contribution in [1.29, 1.82) is 0 Å². The molecule has 0 saturated heterocycles. The molecule has 1 amide bonds. The van der Waals surface area contributed by atoms with Crippen LogP contribution in [0.1, 0.15) is 6.92 Å². The van der Waals surface area contributed by atoms with Crippen molar-refractivity contribution >= 4 is 11.6 Å². The Bertz CT molecular complexity index is 1330. The van der Waals surface area contributed by atoms with E-state index in [1.165, 1.54) is 12.1 Å². The number of para-hydroxylation sites is 1. The fourth-order valence-corrected chi connectivity index (χ4v) is 3.26. The highest BCUT2D eigenvalue weighted by Gasteiger charge is 2.17. The van der Waals surface area contributed by atoms with Crippen LogP contribution in [0.5, 0.6) is 23.1 Å². The minimum atomic E-state index is -0.875. The van der Waals surface area contributed by atoms with Crippen LogP contribution in [-0.4, -0.2) is 59.2 Å². The number of nitrogens with one attached hydrogen (secondary N) is 1. The number of hydrogen-bond donors (Lipinski definition) is 1. The van der Waals surface area contributed by atoms with Crippen LogP contribution >= 0.6 is 0 Å². The molecule has 0 aliphatic carbocycles. The van der Waals surface area contributed by atoms with Crippen molar-refractivity contribution < 1.29 is 28.1 Å². The molecule has 0 aliphatic heterocycles. The van der Waals surface area contributed by atoms with E-state index in [9.17, 15) is 9.18 Å². The summed E-state index contributed by atoms with van der Waals surface area (Å²) in [5.74, 6) is 1.08. The van der Waals surface area contributed by atoms with Crippen LogP contribution in [0.4, 0.5) is 4.39 Å². The average molecular weight is 481 g/mol. The van der Waals surface area contributed by atoms with E-state index < -0.39 is 17.8 Å². The molecule has 0 fully saturated rings. The first-order chi connectivity index (χ1) is 17.0. The first-order valence-corrected chi connectivity index (χ1v) is 10.8. The van der Waals surface area contributed by atoms with Crippen molar-refractivity contribution in [3.63, 3.8) is 0 Å². The van der Waals surface area contributed by atoms with Gasteiger partial charge in [-0.05, 0) is 37.3 Å². The number of methoxy groups -OCH3 is 2. The number of aromatic nitrogens is 4. The summed E-state index contributed by atoms with van der Waals surface area (Å²) in [6.07, 6.45) is -0.875. The summed E-state index contributed by atoms with van der Waals surface area (Å²) in [6.45, 7) is 1.89. The summed E-state index contributed by atoms with van der Waals surface area (Å²) in [5.41, 5.74) is 1.21. The van der Waals surface area contributed by atoms with Crippen LogP contribution in [0, 0.1) is 5.82 Å². The van der Waals surface area contributed by atoms with Crippen molar-refractivity contribution in [3.8, 4) is 34.5 Å². The molecule has 4 rings (SSSR count). The number of fused-ring (bicyclic) bond motifs is 1. The highest BCUT2D eigenvalue weighted by atomic mass is 19.1. The van der Waals surface area contributed by atoms with Crippen LogP contribution in [0.2, 0.25) is 0 Å². The van der Waals surface area contributed by atoms with Gasteiger partial charge in [0, 0.05) is 12.1 Å². The Hall–Kier alpha value is -4.41. The number of nitrogens with zero attached hydrogens (tertiary/aromatic N) is 4. The lowest BCUT2D eigenvalue weighted by atomic mass is 10.2. The molecule has 0 bridgehead atoms. The van der Waals surface area contributed by atoms with Crippen molar-refractivity contribution in [2.24, 2.45) is 0 Å². The molecule has 2 heterocycles. The monoisotopic (exact) mass is 481 g/mol. The summed E-state index contributed by atoms with van der Waals surface area (Å²) in [7, 11) is 3.13. The third kappa shape index (κ3) is 5.40. The Morgan fingerprint density at radius 1 is 1.06 bits per heavy atom. The van der Waals surface area contributed by atoms with Crippen molar-refractivity contribution in [1.82, 2.24) is 25.1 Å². The van der Waals surface area contributed by atoms with E-state index in [0.29, 0.717) is 34.4 Å². The Kier molecular flexibility index (Phi) is 7.24. The maximum Gasteiger partial charge on any atom is 0.260 e. The molecule has 0 saturated carbocycles. The number of halogens is 1. The molecule has 11 heteroatoms. The normalized spacial score (nSPS) is 11.7. The molecule has 182 valence electrons. The van der Waals surface area contributed by atoms with Gasteiger partial charge in [-0.15, -0.1) is 15.3 Å². The van der Waals surface area contributed by atoms with E-state index in [1.54, 1.807) is 62.1 Å².